The molecule has 0 amide bonds. The van der Waals surface area contributed by atoms with E-state index in [0.29, 0.717) is 3.57 Å². The number of ether oxygens (including phenoxy) is 1. The number of nitriles is 2. The Kier molecular flexibility index (Phi) is 6.17. The molecule has 0 heterocycles. The van der Waals surface area contributed by atoms with Crippen molar-refractivity contribution >= 4 is 34.0 Å². The quantitative estimate of drug-likeness (QED) is 0.276. The summed E-state index contributed by atoms with van der Waals surface area (Å²) in [6.45, 7) is 0. The van der Waals surface area contributed by atoms with Gasteiger partial charge in [-0.15, -0.1) is 0 Å². The Labute approximate surface area is 162 Å². The average molecular weight is 492 g/mol. The molecule has 138 valence electrons. The van der Waals surface area contributed by atoms with Crippen molar-refractivity contribution in [1.29, 1.82) is 10.5 Å². The van der Waals surface area contributed by atoms with E-state index in [2.05, 4.69) is 10.5 Å². The van der Waals surface area contributed by atoms with Crippen LogP contribution in [-0.2, 0) is 6.18 Å². The maximum Gasteiger partial charge on any atom is 0.416 e. The summed E-state index contributed by atoms with van der Waals surface area (Å²) in [6.07, 6.45) is -4.92. The Bertz CT molecular complexity index is 953. The highest BCUT2D eigenvalue weighted by Gasteiger charge is 2.33. The van der Waals surface area contributed by atoms with E-state index in [-0.39, 0.29) is 23.6 Å². The van der Waals surface area contributed by atoms with Crippen LogP contribution in [0.15, 0.2) is 35.4 Å². The zero-order valence-corrected chi connectivity index (χ0v) is 15.1. The molecule has 0 bridgehead atoms. The normalized spacial score (nSPS) is 10.5. The Balaban J connectivity index is 2.43. The highest BCUT2D eigenvalue weighted by Crippen LogP contribution is 2.37. The number of anilines is 1. The minimum absolute atomic E-state index is 0.0311. The van der Waals surface area contributed by atoms with Crippen LogP contribution in [0.25, 0.3) is 0 Å². The third-order valence-electron chi connectivity index (χ3n) is 2.98. The number of benzene rings is 2. The fourth-order valence-corrected chi connectivity index (χ4v) is 2.29. The topological polar surface area (TPSA) is 81.2 Å². The van der Waals surface area contributed by atoms with Gasteiger partial charge in [0.2, 0.25) is 5.71 Å². The predicted octanol–water partition coefficient (Wildman–Crippen LogP) is 5.20. The van der Waals surface area contributed by atoms with Gasteiger partial charge in [-0.1, -0.05) is 0 Å². The Morgan fingerprint density at radius 1 is 1.07 bits per heavy atom. The maximum absolute atomic E-state index is 14.0. The molecule has 0 atom stereocenters. The molecule has 1 N–H and O–H groups in total. The van der Waals surface area contributed by atoms with Crippen molar-refractivity contribution in [2.45, 2.75) is 6.18 Å². The van der Waals surface area contributed by atoms with Gasteiger partial charge in [-0.3, -0.25) is 5.43 Å². The first-order chi connectivity index (χ1) is 12.7. The van der Waals surface area contributed by atoms with Crippen LogP contribution in [0.4, 0.5) is 27.6 Å². The summed E-state index contributed by atoms with van der Waals surface area (Å²) in [6, 6.07) is 7.43. The summed E-state index contributed by atoms with van der Waals surface area (Å²) < 4.78 is 71.5. The van der Waals surface area contributed by atoms with E-state index < -0.39 is 34.8 Å². The number of rotatable bonds is 4. The molecular weight excluding hydrogens is 486 g/mol. The molecule has 0 spiro atoms. The van der Waals surface area contributed by atoms with Crippen molar-refractivity contribution in [3.8, 4) is 23.6 Å². The van der Waals surface area contributed by atoms with Crippen molar-refractivity contribution in [2.75, 3.05) is 5.43 Å². The first-order valence-corrected chi connectivity index (χ1v) is 7.91. The van der Waals surface area contributed by atoms with Crippen LogP contribution < -0.4 is 10.2 Å². The summed E-state index contributed by atoms with van der Waals surface area (Å²) in [4.78, 5) is 0. The molecule has 0 unspecified atom stereocenters. The number of hydrazone groups is 1. The zero-order chi connectivity index (χ0) is 20.2. The fourth-order valence-electron chi connectivity index (χ4n) is 1.80. The number of halogens is 6. The van der Waals surface area contributed by atoms with E-state index in [0.717, 1.165) is 0 Å². The summed E-state index contributed by atoms with van der Waals surface area (Å²) in [5.41, 5.74) is 0.352. The fraction of sp³-hybridized carbons (Fsp3) is 0.0625. The van der Waals surface area contributed by atoms with E-state index >= 15 is 0 Å². The van der Waals surface area contributed by atoms with Crippen molar-refractivity contribution in [3.63, 3.8) is 0 Å². The predicted molar refractivity (Wildman–Crippen MR) is 92.9 cm³/mol. The van der Waals surface area contributed by atoms with Crippen LogP contribution in [0.1, 0.15) is 5.56 Å². The van der Waals surface area contributed by atoms with Crippen LogP contribution in [0, 0.1) is 37.9 Å². The van der Waals surface area contributed by atoms with E-state index in [9.17, 15) is 22.0 Å². The molecule has 0 saturated heterocycles. The molecule has 0 saturated carbocycles. The molecule has 11 heteroatoms. The van der Waals surface area contributed by atoms with Crippen molar-refractivity contribution < 1.29 is 26.7 Å². The number of alkyl halides is 3. The SMILES string of the molecule is N#CC(C#N)=NNc1cc(I)ccc1Oc1c(F)cc(C(F)(F)F)cc1F. The van der Waals surface area contributed by atoms with Gasteiger partial charge in [0.15, 0.2) is 23.1 Å². The first-order valence-electron chi connectivity index (χ1n) is 6.83. The molecule has 0 aliphatic heterocycles. The Hall–Kier alpha value is -2.93. The lowest BCUT2D eigenvalue weighted by Crippen LogP contribution is -2.07. The Morgan fingerprint density at radius 3 is 2.19 bits per heavy atom. The number of hydrogen-bond acceptors (Lipinski definition) is 5. The molecule has 0 aliphatic carbocycles. The number of hydrogen-bond donors (Lipinski definition) is 1. The number of nitrogens with zero attached hydrogens (tertiary/aromatic N) is 3. The molecule has 2 aromatic carbocycles. The van der Waals surface area contributed by atoms with Crippen LogP contribution in [0.5, 0.6) is 11.5 Å². The summed E-state index contributed by atoms with van der Waals surface area (Å²) in [5, 5.41) is 20.8. The second-order valence-electron chi connectivity index (χ2n) is 4.81. The van der Waals surface area contributed by atoms with Gasteiger partial charge in [-0.25, -0.2) is 8.78 Å². The third-order valence-corrected chi connectivity index (χ3v) is 3.65. The van der Waals surface area contributed by atoms with Crippen LogP contribution >= 0.6 is 22.6 Å². The van der Waals surface area contributed by atoms with Crippen molar-refractivity contribution in [3.05, 3.63) is 51.1 Å². The molecular formula is C16H6F5IN4O. The monoisotopic (exact) mass is 492 g/mol. The smallest absolute Gasteiger partial charge is 0.416 e. The molecule has 5 nitrogen and oxygen atoms in total. The zero-order valence-electron chi connectivity index (χ0n) is 12.9. The lowest BCUT2D eigenvalue weighted by atomic mass is 10.2. The standard InChI is InChI=1S/C16H6F5IN4O/c17-11-3-8(16(19,20)21)4-12(18)15(11)27-14-2-1-9(22)5-13(14)26-25-10(6-23)7-24/h1-5,26H. The average Bonchev–Trinajstić information content (AvgIpc) is 2.59. The molecule has 0 aliphatic rings. The highest BCUT2D eigenvalue weighted by molar-refractivity contribution is 14.1. The summed E-state index contributed by atoms with van der Waals surface area (Å²) in [5.74, 6) is -4.33. The van der Waals surface area contributed by atoms with Gasteiger partial charge in [0.25, 0.3) is 0 Å². The molecule has 2 aromatic rings. The molecule has 2 rings (SSSR count). The summed E-state index contributed by atoms with van der Waals surface area (Å²) >= 11 is 1.91. The lowest BCUT2D eigenvalue weighted by molar-refractivity contribution is -0.138. The highest BCUT2D eigenvalue weighted by atomic mass is 127. The molecule has 0 fully saturated rings. The second kappa shape index (κ2) is 8.18. The van der Waals surface area contributed by atoms with Gasteiger partial charge in [-0.2, -0.15) is 28.8 Å². The van der Waals surface area contributed by atoms with Crippen LogP contribution in [0.2, 0.25) is 0 Å². The van der Waals surface area contributed by atoms with Gasteiger partial charge < -0.3 is 4.74 Å². The summed E-state index contributed by atoms with van der Waals surface area (Å²) in [7, 11) is 0. The van der Waals surface area contributed by atoms with E-state index in [1.807, 2.05) is 22.6 Å². The van der Waals surface area contributed by atoms with Crippen molar-refractivity contribution in [1.82, 2.24) is 0 Å². The van der Waals surface area contributed by atoms with E-state index in [4.69, 9.17) is 15.3 Å². The van der Waals surface area contributed by atoms with Gasteiger partial charge in [0.1, 0.15) is 12.1 Å². The molecule has 27 heavy (non-hydrogen) atoms. The maximum atomic E-state index is 14.0. The molecule has 0 aromatic heterocycles. The van der Waals surface area contributed by atoms with E-state index in [1.165, 1.54) is 30.3 Å². The van der Waals surface area contributed by atoms with Crippen molar-refractivity contribution in [2.24, 2.45) is 5.10 Å². The number of nitrogens with one attached hydrogen (secondary N) is 1. The first kappa shape index (κ1) is 20.4. The minimum atomic E-state index is -4.92. The third kappa shape index (κ3) is 5.04. The Morgan fingerprint density at radius 2 is 1.67 bits per heavy atom. The lowest BCUT2D eigenvalue weighted by Gasteiger charge is -2.14. The van der Waals surface area contributed by atoms with Crippen LogP contribution in [-0.4, -0.2) is 5.71 Å². The molecule has 0 radical (unpaired) electrons. The van der Waals surface area contributed by atoms with Crippen LogP contribution in [0.3, 0.4) is 0 Å². The van der Waals surface area contributed by atoms with Gasteiger partial charge >= 0.3 is 6.18 Å². The van der Waals surface area contributed by atoms with Gasteiger partial charge in [0.05, 0.1) is 11.3 Å². The van der Waals surface area contributed by atoms with Gasteiger partial charge in [-0.05, 0) is 52.9 Å². The van der Waals surface area contributed by atoms with E-state index in [1.54, 1.807) is 0 Å². The van der Waals surface area contributed by atoms with Gasteiger partial charge in [0, 0.05) is 3.57 Å². The minimum Gasteiger partial charge on any atom is -0.449 e. The largest absolute Gasteiger partial charge is 0.449 e. The second-order valence-corrected chi connectivity index (χ2v) is 6.05.